The van der Waals surface area contributed by atoms with E-state index in [2.05, 4.69) is 26.8 Å². The summed E-state index contributed by atoms with van der Waals surface area (Å²) < 4.78 is 35.4. The first-order valence-corrected chi connectivity index (χ1v) is 12.4. The predicted octanol–water partition coefficient (Wildman–Crippen LogP) is 5.05. The van der Waals surface area contributed by atoms with Gasteiger partial charge in [0.2, 0.25) is 17.7 Å². The van der Waals surface area contributed by atoms with Crippen molar-refractivity contribution >= 4 is 34.8 Å². The van der Waals surface area contributed by atoms with E-state index in [0.29, 0.717) is 11.2 Å². The third-order valence-corrected chi connectivity index (χ3v) is 6.35. The molecule has 0 spiro atoms. The zero-order chi connectivity index (χ0) is 27.4. The Labute approximate surface area is 222 Å². The number of amides is 2. The molecular formula is C28H26F2N6O3. The molecule has 4 aromatic rings. The number of nitrogens with two attached hydrogens (primary N) is 1. The van der Waals surface area contributed by atoms with Gasteiger partial charge in [-0.15, -0.1) is 0 Å². The van der Waals surface area contributed by atoms with Gasteiger partial charge in [0.05, 0.1) is 0 Å². The number of hydrogen-bond donors (Lipinski definition) is 3. The summed E-state index contributed by atoms with van der Waals surface area (Å²) in [4.78, 5) is 28.6. The van der Waals surface area contributed by atoms with Crippen molar-refractivity contribution in [3.8, 4) is 11.6 Å². The highest BCUT2D eigenvalue weighted by Crippen LogP contribution is 2.32. The number of nitrogens with zero attached hydrogens (tertiary/aromatic N) is 3. The number of ether oxygens (including phenoxy) is 1. The van der Waals surface area contributed by atoms with Gasteiger partial charge in [-0.3, -0.25) is 9.59 Å². The van der Waals surface area contributed by atoms with Crippen LogP contribution in [0.5, 0.6) is 11.6 Å². The van der Waals surface area contributed by atoms with E-state index < -0.39 is 29.9 Å². The average molecular weight is 533 g/mol. The van der Waals surface area contributed by atoms with Gasteiger partial charge in [-0.2, -0.15) is 10.1 Å². The Balaban J connectivity index is 1.26. The third kappa shape index (κ3) is 6.44. The number of anilines is 2. The lowest BCUT2D eigenvalue weighted by Gasteiger charge is -2.20. The summed E-state index contributed by atoms with van der Waals surface area (Å²) in [5.74, 6) is -2.32. The molecule has 1 aliphatic rings. The summed E-state index contributed by atoms with van der Waals surface area (Å²) in [6.07, 6.45) is 8.38. The summed E-state index contributed by atoms with van der Waals surface area (Å²) in [6.45, 7) is 0. The van der Waals surface area contributed by atoms with Gasteiger partial charge in [0.1, 0.15) is 24.1 Å². The Kier molecular flexibility index (Phi) is 7.60. The van der Waals surface area contributed by atoms with E-state index in [0.717, 1.165) is 37.3 Å². The summed E-state index contributed by atoms with van der Waals surface area (Å²) in [5, 5.41) is 9.19. The second kappa shape index (κ2) is 11.4. The van der Waals surface area contributed by atoms with Crippen LogP contribution in [0.1, 0.15) is 37.7 Å². The van der Waals surface area contributed by atoms with Crippen molar-refractivity contribution in [3.63, 3.8) is 0 Å². The van der Waals surface area contributed by atoms with Crippen LogP contribution in [0.25, 0.3) is 11.6 Å². The number of fused-ring (bicyclic) bond motifs is 1. The van der Waals surface area contributed by atoms with Crippen molar-refractivity contribution in [2.75, 3.05) is 10.6 Å². The van der Waals surface area contributed by atoms with Gasteiger partial charge in [0.25, 0.3) is 0 Å². The lowest BCUT2D eigenvalue weighted by atomic mass is 9.90. The molecule has 0 bridgehead atoms. The largest absolute Gasteiger partial charge is 0.434 e. The highest BCUT2D eigenvalue weighted by molar-refractivity contribution is 6.08. The zero-order valence-electron chi connectivity index (χ0n) is 20.9. The Morgan fingerprint density at radius 3 is 2.44 bits per heavy atom. The van der Waals surface area contributed by atoms with Gasteiger partial charge in [0, 0.05) is 35.2 Å². The lowest BCUT2D eigenvalue weighted by Crippen LogP contribution is -2.23. The molecule has 0 atom stereocenters. The predicted molar refractivity (Wildman–Crippen MR) is 142 cm³/mol. The smallest absolute Gasteiger partial charge is 0.247 e. The molecular weight excluding hydrogens is 506 g/mol. The molecule has 4 N–H and O–H groups in total. The first kappa shape index (κ1) is 26.0. The molecule has 2 amide bonds. The van der Waals surface area contributed by atoms with Crippen molar-refractivity contribution in [3.05, 3.63) is 83.8 Å². The molecule has 200 valence electrons. The number of carbonyl (C=O) groups excluding carboxylic acids is 2. The number of benzene rings is 2. The van der Waals surface area contributed by atoms with Crippen molar-refractivity contribution in [2.24, 2.45) is 5.73 Å². The van der Waals surface area contributed by atoms with E-state index in [9.17, 15) is 18.4 Å². The summed E-state index contributed by atoms with van der Waals surface area (Å²) in [6, 6.07) is 11.2. The Morgan fingerprint density at radius 1 is 1.03 bits per heavy atom. The highest BCUT2D eigenvalue weighted by Gasteiger charge is 2.17. The van der Waals surface area contributed by atoms with Crippen molar-refractivity contribution in [2.45, 2.75) is 38.1 Å². The fraction of sp³-hybridized carbons (Fsp3) is 0.214. The van der Waals surface area contributed by atoms with E-state index in [1.807, 2.05) is 6.07 Å². The average Bonchev–Trinajstić information content (AvgIpc) is 3.32. The van der Waals surface area contributed by atoms with Crippen LogP contribution in [0.4, 0.5) is 20.2 Å². The normalized spacial score (nSPS) is 15.2. The molecule has 2 aromatic heterocycles. The minimum atomic E-state index is -0.729. The zero-order valence-corrected chi connectivity index (χ0v) is 20.9. The van der Waals surface area contributed by atoms with Gasteiger partial charge in [0.15, 0.2) is 11.6 Å². The SMILES string of the molecule is NC1CCC(=Cc2ccn3ncnc(Oc4ccc(NC(=O)CC(=O)Nc5ccc(F)cc5)cc4F)c23)CC1. The topological polar surface area (TPSA) is 124 Å². The molecule has 0 unspecified atom stereocenters. The van der Waals surface area contributed by atoms with E-state index in [4.69, 9.17) is 10.5 Å². The van der Waals surface area contributed by atoms with E-state index in [1.165, 1.54) is 48.3 Å². The van der Waals surface area contributed by atoms with Crippen LogP contribution in [0.2, 0.25) is 0 Å². The van der Waals surface area contributed by atoms with Gasteiger partial charge < -0.3 is 21.1 Å². The molecule has 39 heavy (non-hydrogen) atoms. The molecule has 1 saturated carbocycles. The third-order valence-electron chi connectivity index (χ3n) is 6.35. The second-order valence-electron chi connectivity index (χ2n) is 9.30. The standard InChI is InChI=1S/C28H26F2N6O3/c29-19-3-7-21(8-4-19)34-25(37)15-26(38)35-22-9-10-24(23(30)14-22)39-28-27-18(11-12-36(27)33-16-32-28)13-17-1-5-20(31)6-2-17/h3-4,7-14,16,20H,1-2,5-6,15,31H2,(H,34,37)(H,35,38). The quantitative estimate of drug-likeness (QED) is 0.286. The molecule has 0 aliphatic heterocycles. The Bertz CT molecular complexity index is 1540. The number of rotatable bonds is 7. The molecule has 1 fully saturated rings. The van der Waals surface area contributed by atoms with Crippen LogP contribution in [-0.2, 0) is 9.59 Å². The molecule has 2 heterocycles. The first-order valence-electron chi connectivity index (χ1n) is 12.4. The maximum atomic E-state index is 14.9. The van der Waals surface area contributed by atoms with Gasteiger partial charge in [-0.05, 0) is 68.1 Å². The van der Waals surface area contributed by atoms with Crippen LogP contribution in [0, 0.1) is 11.6 Å². The number of halogens is 2. The molecule has 1 aliphatic carbocycles. The van der Waals surface area contributed by atoms with Crippen molar-refractivity contribution < 1.29 is 23.1 Å². The summed E-state index contributed by atoms with van der Waals surface area (Å²) in [5.41, 5.74) is 9.26. The number of aromatic nitrogens is 3. The second-order valence-corrected chi connectivity index (χ2v) is 9.30. The van der Waals surface area contributed by atoms with Gasteiger partial charge in [-0.25, -0.2) is 13.3 Å². The molecule has 0 radical (unpaired) electrons. The molecule has 2 aromatic carbocycles. The molecule has 5 rings (SSSR count). The Morgan fingerprint density at radius 2 is 1.72 bits per heavy atom. The van der Waals surface area contributed by atoms with Crippen molar-refractivity contribution in [1.29, 1.82) is 0 Å². The van der Waals surface area contributed by atoms with Crippen molar-refractivity contribution in [1.82, 2.24) is 14.6 Å². The number of nitrogens with one attached hydrogen (secondary N) is 2. The van der Waals surface area contributed by atoms with Crippen LogP contribution in [0.15, 0.2) is 66.6 Å². The van der Waals surface area contributed by atoms with Crippen LogP contribution < -0.4 is 21.1 Å². The lowest BCUT2D eigenvalue weighted by molar-refractivity contribution is -0.123. The number of hydrogen-bond acceptors (Lipinski definition) is 6. The monoisotopic (exact) mass is 532 g/mol. The fourth-order valence-corrected chi connectivity index (χ4v) is 4.37. The van der Waals surface area contributed by atoms with Gasteiger partial charge in [-0.1, -0.05) is 11.6 Å². The number of allylic oxidation sites excluding steroid dienone is 1. The molecule has 0 saturated heterocycles. The Hall–Kier alpha value is -4.64. The first-order chi connectivity index (χ1) is 18.8. The van der Waals surface area contributed by atoms with Gasteiger partial charge >= 0.3 is 0 Å². The van der Waals surface area contributed by atoms with E-state index in [1.54, 1.807) is 10.7 Å². The maximum Gasteiger partial charge on any atom is 0.247 e. The number of carbonyl (C=O) groups is 2. The van der Waals surface area contributed by atoms with Crippen LogP contribution in [0.3, 0.4) is 0 Å². The maximum absolute atomic E-state index is 14.9. The fourth-order valence-electron chi connectivity index (χ4n) is 4.37. The minimum absolute atomic E-state index is 0.0916. The highest BCUT2D eigenvalue weighted by atomic mass is 19.1. The van der Waals surface area contributed by atoms with E-state index in [-0.39, 0.29) is 23.4 Å². The molecule has 9 nitrogen and oxygen atoms in total. The summed E-state index contributed by atoms with van der Waals surface area (Å²) in [7, 11) is 0. The molecule has 11 heteroatoms. The minimum Gasteiger partial charge on any atom is -0.434 e. The summed E-state index contributed by atoms with van der Waals surface area (Å²) >= 11 is 0. The van der Waals surface area contributed by atoms with Crippen LogP contribution >= 0.6 is 0 Å². The van der Waals surface area contributed by atoms with Crippen LogP contribution in [-0.4, -0.2) is 32.5 Å². The van der Waals surface area contributed by atoms with E-state index >= 15 is 0 Å².